The average Bonchev–Trinajstić information content (AvgIpc) is 2.21. The van der Waals surface area contributed by atoms with Gasteiger partial charge in [-0.15, -0.1) is 0 Å². The Bertz CT molecular complexity index is 451. The smallest absolute Gasteiger partial charge is 0.286 e. The van der Waals surface area contributed by atoms with Crippen molar-refractivity contribution in [2.24, 2.45) is 5.73 Å². The Balaban J connectivity index is 3.16. The summed E-state index contributed by atoms with van der Waals surface area (Å²) in [5.41, 5.74) is 5.11. The van der Waals surface area contributed by atoms with Crippen molar-refractivity contribution in [1.82, 2.24) is 0 Å². The van der Waals surface area contributed by atoms with E-state index in [1.165, 1.54) is 12.1 Å². The molecule has 0 fully saturated rings. The molecule has 0 saturated heterocycles. The van der Waals surface area contributed by atoms with Crippen LogP contribution in [0.4, 0.5) is 0 Å². The molecule has 1 atom stereocenters. The van der Waals surface area contributed by atoms with Gasteiger partial charge in [0, 0.05) is 5.02 Å². The lowest BCUT2D eigenvalue weighted by Gasteiger charge is -2.07. The Morgan fingerprint density at radius 1 is 1.40 bits per heavy atom. The summed E-state index contributed by atoms with van der Waals surface area (Å²) < 4.78 is 0. The number of Topliss-reactive ketones (excluding diaryl/α,β-unsaturated/α-hetero) is 1. The van der Waals surface area contributed by atoms with Crippen LogP contribution in [0.5, 0.6) is 0 Å². The first-order valence-corrected chi connectivity index (χ1v) is 4.43. The predicted molar refractivity (Wildman–Crippen MR) is 54.0 cm³/mol. The first kappa shape index (κ1) is 11.2. The van der Waals surface area contributed by atoms with Gasteiger partial charge in [-0.2, -0.15) is 5.26 Å². The van der Waals surface area contributed by atoms with Crippen molar-refractivity contribution >= 4 is 23.3 Å². The fourth-order valence-electron chi connectivity index (χ4n) is 1.12. The summed E-state index contributed by atoms with van der Waals surface area (Å²) >= 11 is 5.79. The van der Waals surface area contributed by atoms with Gasteiger partial charge in [0.05, 0.1) is 6.07 Å². The van der Waals surface area contributed by atoms with Gasteiger partial charge >= 0.3 is 0 Å². The van der Waals surface area contributed by atoms with Crippen LogP contribution < -0.4 is 5.73 Å². The highest BCUT2D eigenvalue weighted by Gasteiger charge is 2.26. The third-order valence-electron chi connectivity index (χ3n) is 1.85. The molecule has 76 valence electrons. The monoisotopic (exact) mass is 222 g/mol. The molecule has 0 spiro atoms. The normalized spacial score (nSPS) is 11.5. The fraction of sp³-hybridized carbons (Fsp3) is 0.100. The summed E-state index contributed by atoms with van der Waals surface area (Å²) in [5.74, 6) is -3.32. The maximum Gasteiger partial charge on any atom is 0.286 e. The lowest BCUT2D eigenvalue weighted by Crippen LogP contribution is -2.28. The summed E-state index contributed by atoms with van der Waals surface area (Å²) in [6, 6.07) is 8.04. The van der Waals surface area contributed by atoms with Crippen LogP contribution in [-0.2, 0) is 9.59 Å². The van der Waals surface area contributed by atoms with Crippen molar-refractivity contribution in [3.05, 3.63) is 34.9 Å². The molecule has 0 aliphatic heterocycles. The molecule has 2 N–H and O–H groups in total. The average molecular weight is 223 g/mol. The Labute approximate surface area is 91.2 Å². The number of hydrogen-bond acceptors (Lipinski definition) is 3. The summed E-state index contributed by atoms with van der Waals surface area (Å²) in [5, 5.41) is 9.05. The van der Waals surface area contributed by atoms with Crippen LogP contribution in [0.15, 0.2) is 24.3 Å². The first-order valence-electron chi connectivity index (χ1n) is 4.05. The fourth-order valence-corrected chi connectivity index (χ4v) is 1.37. The zero-order valence-electron chi connectivity index (χ0n) is 7.61. The number of rotatable bonds is 3. The van der Waals surface area contributed by atoms with Gasteiger partial charge in [-0.1, -0.05) is 29.8 Å². The molecular formula is C10H7ClN2O2. The minimum Gasteiger partial charge on any atom is -0.363 e. The standard InChI is InChI=1S/C10H7ClN2O2/c11-8-4-2-1-3-6(8)7(5-12)9(14)10(13)15/h1-4,7H,(H2,13,15). The second-order valence-electron chi connectivity index (χ2n) is 2.81. The van der Waals surface area contributed by atoms with Gasteiger partial charge in [-0.3, -0.25) is 9.59 Å². The van der Waals surface area contributed by atoms with Crippen LogP contribution >= 0.6 is 11.6 Å². The molecule has 0 bridgehead atoms. The summed E-state index contributed by atoms with van der Waals surface area (Å²) in [6.07, 6.45) is 0. The van der Waals surface area contributed by atoms with Gasteiger partial charge in [0.2, 0.25) is 5.78 Å². The van der Waals surface area contributed by atoms with Crippen LogP contribution in [-0.4, -0.2) is 11.7 Å². The molecule has 0 aliphatic carbocycles. The van der Waals surface area contributed by atoms with E-state index in [4.69, 9.17) is 22.6 Å². The van der Waals surface area contributed by atoms with E-state index < -0.39 is 17.6 Å². The van der Waals surface area contributed by atoms with E-state index in [1.54, 1.807) is 18.2 Å². The number of carbonyl (C=O) groups is 2. The molecule has 5 heteroatoms. The lowest BCUT2D eigenvalue weighted by molar-refractivity contribution is -0.136. The number of halogens is 1. The van der Waals surface area contributed by atoms with Crippen LogP contribution in [0.25, 0.3) is 0 Å². The van der Waals surface area contributed by atoms with Crippen molar-refractivity contribution in [3.8, 4) is 6.07 Å². The van der Waals surface area contributed by atoms with E-state index in [0.717, 1.165) is 0 Å². The number of carbonyl (C=O) groups excluding carboxylic acids is 2. The molecule has 15 heavy (non-hydrogen) atoms. The molecule has 1 aromatic rings. The lowest BCUT2D eigenvalue weighted by atomic mass is 9.96. The number of primary amides is 1. The summed E-state index contributed by atoms with van der Waals surface area (Å²) in [4.78, 5) is 21.9. The molecule has 0 saturated carbocycles. The minimum atomic E-state index is -1.23. The van der Waals surface area contributed by atoms with Crippen molar-refractivity contribution in [2.75, 3.05) is 0 Å². The van der Waals surface area contributed by atoms with Crippen molar-refractivity contribution in [3.63, 3.8) is 0 Å². The van der Waals surface area contributed by atoms with E-state index in [0.29, 0.717) is 5.56 Å². The number of benzene rings is 1. The molecule has 0 heterocycles. The number of nitriles is 1. The molecule has 0 radical (unpaired) electrons. The van der Waals surface area contributed by atoms with E-state index in [2.05, 4.69) is 0 Å². The first-order chi connectivity index (χ1) is 7.07. The molecule has 4 nitrogen and oxygen atoms in total. The Hall–Kier alpha value is -1.86. The number of hydrogen-bond donors (Lipinski definition) is 1. The zero-order chi connectivity index (χ0) is 11.4. The van der Waals surface area contributed by atoms with E-state index in [9.17, 15) is 9.59 Å². The molecular weight excluding hydrogens is 216 g/mol. The highest BCUT2D eigenvalue weighted by atomic mass is 35.5. The quantitative estimate of drug-likeness (QED) is 0.775. The number of nitrogens with two attached hydrogens (primary N) is 1. The van der Waals surface area contributed by atoms with E-state index >= 15 is 0 Å². The molecule has 0 aliphatic rings. The number of amides is 1. The van der Waals surface area contributed by atoms with Gasteiger partial charge in [0.1, 0.15) is 5.92 Å². The Kier molecular flexibility index (Phi) is 3.42. The largest absolute Gasteiger partial charge is 0.363 e. The third-order valence-corrected chi connectivity index (χ3v) is 2.19. The molecule has 1 rings (SSSR count). The summed E-state index contributed by atoms with van der Waals surface area (Å²) in [7, 11) is 0. The topological polar surface area (TPSA) is 83.9 Å². The molecule has 1 unspecified atom stereocenters. The van der Waals surface area contributed by atoms with E-state index in [1.807, 2.05) is 0 Å². The van der Waals surface area contributed by atoms with Crippen LogP contribution in [0.2, 0.25) is 5.02 Å². The summed E-state index contributed by atoms with van der Waals surface area (Å²) in [6.45, 7) is 0. The van der Waals surface area contributed by atoms with Crippen molar-refractivity contribution in [1.29, 1.82) is 5.26 Å². The highest BCUT2D eigenvalue weighted by molar-refractivity contribution is 6.39. The minimum absolute atomic E-state index is 0.263. The van der Waals surface area contributed by atoms with Gasteiger partial charge in [0.15, 0.2) is 0 Å². The number of nitrogens with zero attached hydrogens (tertiary/aromatic N) is 1. The van der Waals surface area contributed by atoms with Crippen LogP contribution in [0.1, 0.15) is 11.5 Å². The number of ketones is 1. The third kappa shape index (κ3) is 2.33. The maximum absolute atomic E-state index is 11.3. The predicted octanol–water partition coefficient (Wildman–Crippen LogP) is 1.00. The maximum atomic E-state index is 11.3. The second kappa shape index (κ2) is 4.58. The SMILES string of the molecule is N#CC(C(=O)C(N)=O)c1ccccc1Cl. The zero-order valence-corrected chi connectivity index (χ0v) is 8.36. The molecule has 1 aromatic carbocycles. The van der Waals surface area contributed by atoms with Gasteiger partial charge in [-0.25, -0.2) is 0 Å². The molecule has 1 amide bonds. The van der Waals surface area contributed by atoms with Gasteiger partial charge in [-0.05, 0) is 11.6 Å². The van der Waals surface area contributed by atoms with Gasteiger partial charge < -0.3 is 5.73 Å². The van der Waals surface area contributed by atoms with Crippen LogP contribution in [0, 0.1) is 11.3 Å². The second-order valence-corrected chi connectivity index (χ2v) is 3.22. The van der Waals surface area contributed by atoms with E-state index in [-0.39, 0.29) is 5.02 Å². The van der Waals surface area contributed by atoms with Crippen molar-refractivity contribution < 1.29 is 9.59 Å². The highest BCUT2D eigenvalue weighted by Crippen LogP contribution is 2.24. The van der Waals surface area contributed by atoms with Gasteiger partial charge in [0.25, 0.3) is 5.91 Å². The Morgan fingerprint density at radius 2 is 2.00 bits per heavy atom. The molecule has 0 aromatic heterocycles. The van der Waals surface area contributed by atoms with Crippen LogP contribution in [0.3, 0.4) is 0 Å². The Morgan fingerprint density at radius 3 is 2.47 bits per heavy atom. The van der Waals surface area contributed by atoms with Crippen molar-refractivity contribution in [2.45, 2.75) is 5.92 Å².